The van der Waals surface area contributed by atoms with Gasteiger partial charge in [0.05, 0.1) is 0 Å². The second kappa shape index (κ2) is 6.04. The summed E-state index contributed by atoms with van der Waals surface area (Å²) >= 11 is 0. The third-order valence-corrected chi connectivity index (χ3v) is 2.63. The molecular formula is C12H18F3N3. The third-order valence-electron chi connectivity index (χ3n) is 2.63. The van der Waals surface area contributed by atoms with Crippen molar-refractivity contribution < 1.29 is 13.2 Å². The lowest BCUT2D eigenvalue weighted by Gasteiger charge is -2.20. The molecule has 1 aromatic rings. The maximum Gasteiger partial charge on any atom is 0.389 e. The molecule has 6 heteroatoms. The van der Waals surface area contributed by atoms with Crippen LogP contribution in [0.15, 0.2) is 12.3 Å². The summed E-state index contributed by atoms with van der Waals surface area (Å²) in [5, 5.41) is 3.02. The Bertz CT molecular complexity index is 391. The van der Waals surface area contributed by atoms with Crippen LogP contribution in [0.5, 0.6) is 0 Å². The van der Waals surface area contributed by atoms with Crippen LogP contribution in [0.4, 0.5) is 19.0 Å². The minimum atomic E-state index is -4.15. The Kier molecular flexibility index (Phi) is 4.95. The minimum Gasteiger partial charge on any atom is -0.383 e. The number of nitrogens with one attached hydrogen (secondary N) is 1. The number of nitrogens with zero attached hydrogens (tertiary/aromatic N) is 1. The summed E-state index contributed by atoms with van der Waals surface area (Å²) < 4.78 is 36.8. The summed E-state index contributed by atoms with van der Waals surface area (Å²) in [6.07, 6.45) is -3.42. The van der Waals surface area contributed by atoms with Crippen molar-refractivity contribution in [3.8, 4) is 0 Å². The largest absolute Gasteiger partial charge is 0.389 e. The molecule has 1 unspecified atom stereocenters. The van der Waals surface area contributed by atoms with Crippen LogP contribution in [0.25, 0.3) is 0 Å². The van der Waals surface area contributed by atoms with Gasteiger partial charge in [0.15, 0.2) is 0 Å². The number of hydrogen-bond donors (Lipinski definition) is 2. The number of alkyl halides is 3. The van der Waals surface area contributed by atoms with Crippen molar-refractivity contribution in [3.63, 3.8) is 0 Å². The van der Waals surface area contributed by atoms with Crippen LogP contribution in [0.2, 0.25) is 0 Å². The number of rotatable bonds is 5. The van der Waals surface area contributed by atoms with Gasteiger partial charge in [-0.15, -0.1) is 0 Å². The SMILES string of the molecule is CCNC(CCC(F)(F)F)c1cc(C)cnc1N. The minimum absolute atomic E-state index is 0.0350. The second-order valence-electron chi connectivity index (χ2n) is 4.25. The van der Waals surface area contributed by atoms with E-state index in [1.54, 1.807) is 12.3 Å². The maximum atomic E-state index is 12.3. The van der Waals surface area contributed by atoms with E-state index < -0.39 is 18.6 Å². The zero-order chi connectivity index (χ0) is 13.8. The highest BCUT2D eigenvalue weighted by molar-refractivity contribution is 5.42. The molecule has 18 heavy (non-hydrogen) atoms. The molecule has 1 aromatic heterocycles. The Labute approximate surface area is 105 Å². The molecule has 1 rings (SSSR count). The fourth-order valence-corrected chi connectivity index (χ4v) is 1.80. The lowest BCUT2D eigenvalue weighted by atomic mass is 10.0. The molecule has 102 valence electrons. The molecule has 0 radical (unpaired) electrons. The topological polar surface area (TPSA) is 50.9 Å². The lowest BCUT2D eigenvalue weighted by Crippen LogP contribution is -2.24. The van der Waals surface area contributed by atoms with Crippen molar-refractivity contribution >= 4 is 5.82 Å². The molecular weight excluding hydrogens is 243 g/mol. The summed E-state index contributed by atoms with van der Waals surface area (Å²) in [6.45, 7) is 4.26. The zero-order valence-electron chi connectivity index (χ0n) is 10.5. The van der Waals surface area contributed by atoms with Crippen molar-refractivity contribution in [1.82, 2.24) is 10.3 Å². The van der Waals surface area contributed by atoms with Gasteiger partial charge in [0.1, 0.15) is 5.82 Å². The van der Waals surface area contributed by atoms with Gasteiger partial charge in [-0.2, -0.15) is 13.2 Å². The fraction of sp³-hybridized carbons (Fsp3) is 0.583. The van der Waals surface area contributed by atoms with Crippen molar-refractivity contribution in [2.24, 2.45) is 0 Å². The first-order valence-electron chi connectivity index (χ1n) is 5.85. The molecule has 3 N–H and O–H groups in total. The molecule has 0 aliphatic carbocycles. The number of hydrogen-bond acceptors (Lipinski definition) is 3. The van der Waals surface area contributed by atoms with Crippen molar-refractivity contribution in [1.29, 1.82) is 0 Å². The molecule has 0 amide bonds. The van der Waals surface area contributed by atoms with E-state index in [1.165, 1.54) is 0 Å². The summed E-state index contributed by atoms with van der Waals surface area (Å²) in [5.41, 5.74) is 7.25. The molecule has 0 bridgehead atoms. The van der Waals surface area contributed by atoms with Crippen molar-refractivity contribution in [2.75, 3.05) is 12.3 Å². The highest BCUT2D eigenvalue weighted by atomic mass is 19.4. The standard InChI is InChI=1S/C12H18F3N3/c1-3-17-10(4-5-12(13,14)15)9-6-8(2)7-18-11(9)16/h6-7,10,17H,3-5H2,1-2H3,(H2,16,18). The fourth-order valence-electron chi connectivity index (χ4n) is 1.80. The molecule has 0 spiro atoms. The Hall–Kier alpha value is -1.30. The van der Waals surface area contributed by atoms with Crippen LogP contribution in [-0.2, 0) is 0 Å². The normalized spacial score (nSPS) is 13.6. The van der Waals surface area contributed by atoms with E-state index in [0.29, 0.717) is 12.1 Å². The van der Waals surface area contributed by atoms with Gasteiger partial charge in [0.2, 0.25) is 0 Å². The Morgan fingerprint density at radius 2 is 2.11 bits per heavy atom. The van der Waals surface area contributed by atoms with Gasteiger partial charge in [-0.1, -0.05) is 6.92 Å². The van der Waals surface area contributed by atoms with Gasteiger partial charge < -0.3 is 11.1 Å². The van der Waals surface area contributed by atoms with E-state index in [4.69, 9.17) is 5.73 Å². The predicted octanol–water partition coefficient (Wildman–Crippen LogP) is 2.97. The summed E-state index contributed by atoms with van der Waals surface area (Å²) in [5.74, 6) is 0.286. The van der Waals surface area contributed by atoms with Crippen molar-refractivity contribution in [2.45, 2.75) is 38.9 Å². The van der Waals surface area contributed by atoms with E-state index in [2.05, 4.69) is 10.3 Å². The van der Waals surface area contributed by atoms with Crippen LogP contribution in [0, 0.1) is 6.92 Å². The molecule has 0 saturated carbocycles. The van der Waals surface area contributed by atoms with Crippen LogP contribution in [0.3, 0.4) is 0 Å². The summed E-state index contributed by atoms with van der Waals surface area (Å²) in [6, 6.07) is 1.37. The monoisotopic (exact) mass is 261 g/mol. The molecule has 0 saturated heterocycles. The number of nitrogens with two attached hydrogens (primary N) is 1. The van der Waals surface area contributed by atoms with Gasteiger partial charge in [-0.05, 0) is 31.5 Å². The van der Waals surface area contributed by atoms with Gasteiger partial charge in [-0.25, -0.2) is 4.98 Å². The summed E-state index contributed by atoms with van der Waals surface area (Å²) in [7, 11) is 0. The van der Waals surface area contributed by atoms with E-state index >= 15 is 0 Å². The maximum absolute atomic E-state index is 12.3. The van der Waals surface area contributed by atoms with E-state index in [0.717, 1.165) is 5.56 Å². The number of halogens is 3. The molecule has 0 aliphatic heterocycles. The highest BCUT2D eigenvalue weighted by Gasteiger charge is 2.29. The van der Waals surface area contributed by atoms with E-state index in [9.17, 15) is 13.2 Å². The van der Waals surface area contributed by atoms with Gasteiger partial charge in [0, 0.05) is 24.2 Å². The first-order chi connectivity index (χ1) is 8.33. The zero-order valence-corrected chi connectivity index (χ0v) is 10.5. The van der Waals surface area contributed by atoms with Crippen LogP contribution >= 0.6 is 0 Å². The molecule has 0 fully saturated rings. The molecule has 0 aromatic carbocycles. The Morgan fingerprint density at radius 1 is 1.44 bits per heavy atom. The highest BCUT2D eigenvalue weighted by Crippen LogP contribution is 2.29. The molecule has 1 atom stereocenters. The molecule has 0 aliphatic rings. The first-order valence-corrected chi connectivity index (χ1v) is 5.85. The van der Waals surface area contributed by atoms with Gasteiger partial charge in [-0.3, -0.25) is 0 Å². The quantitative estimate of drug-likeness (QED) is 0.856. The summed E-state index contributed by atoms with van der Waals surface area (Å²) in [4.78, 5) is 3.98. The Morgan fingerprint density at radius 3 is 2.67 bits per heavy atom. The van der Waals surface area contributed by atoms with Crippen molar-refractivity contribution in [3.05, 3.63) is 23.4 Å². The predicted molar refractivity (Wildman–Crippen MR) is 65.1 cm³/mol. The number of nitrogen functional groups attached to an aromatic ring is 1. The average Bonchev–Trinajstić information content (AvgIpc) is 2.26. The van der Waals surface area contributed by atoms with Crippen LogP contribution < -0.4 is 11.1 Å². The van der Waals surface area contributed by atoms with Crippen LogP contribution in [0.1, 0.15) is 36.9 Å². The second-order valence-corrected chi connectivity index (χ2v) is 4.25. The van der Waals surface area contributed by atoms with Gasteiger partial charge in [0.25, 0.3) is 0 Å². The average molecular weight is 261 g/mol. The number of aromatic nitrogens is 1. The lowest BCUT2D eigenvalue weighted by molar-refractivity contribution is -0.136. The van der Waals surface area contributed by atoms with Gasteiger partial charge >= 0.3 is 6.18 Å². The van der Waals surface area contributed by atoms with E-state index in [1.807, 2.05) is 13.8 Å². The smallest absolute Gasteiger partial charge is 0.383 e. The number of anilines is 1. The molecule has 1 heterocycles. The van der Waals surface area contributed by atoms with E-state index in [-0.39, 0.29) is 12.2 Å². The molecule has 3 nitrogen and oxygen atoms in total. The number of pyridine rings is 1. The Balaban J connectivity index is 2.86. The third kappa shape index (κ3) is 4.52. The first kappa shape index (κ1) is 14.8. The van der Waals surface area contributed by atoms with Crippen LogP contribution in [-0.4, -0.2) is 17.7 Å². The number of aryl methyl sites for hydroxylation is 1.